The Balaban J connectivity index is 0.000000902. The fraction of sp³-hybridized carbons (Fsp3) is 0.0714. The number of nitrogens with two attached hydrogens (primary N) is 2. The largest absolute Gasteiger partial charge is 0.398 e. The Hall–Kier alpha value is -1.55. The molecule has 0 fully saturated rings. The van der Waals surface area contributed by atoms with Crippen LogP contribution in [0, 0.1) is 0 Å². The van der Waals surface area contributed by atoms with Gasteiger partial charge in [0.1, 0.15) is 0 Å². The molecule has 2 aromatic carbocycles. The third-order valence-corrected chi connectivity index (χ3v) is 3.12. The van der Waals surface area contributed by atoms with Crippen molar-refractivity contribution in [3.8, 4) is 0 Å². The summed E-state index contributed by atoms with van der Waals surface area (Å²) in [5.74, 6) is 0. The van der Waals surface area contributed by atoms with Crippen molar-refractivity contribution in [2.45, 2.75) is 5.66 Å². The number of fused-ring (bicyclic) bond motifs is 1. The summed E-state index contributed by atoms with van der Waals surface area (Å²) in [5, 5.41) is 1.79. The Morgan fingerprint density at radius 3 is 2.05 bits per heavy atom. The molecule has 3 rings (SSSR count). The van der Waals surface area contributed by atoms with E-state index in [4.69, 9.17) is 11.5 Å². The van der Waals surface area contributed by atoms with Gasteiger partial charge in [-0.2, -0.15) is 0 Å². The molecule has 1 unspecified atom stereocenters. The van der Waals surface area contributed by atoms with Gasteiger partial charge in [0.15, 0.2) is 5.66 Å². The predicted molar refractivity (Wildman–Crippen MR) is 81.6 cm³/mol. The molecule has 0 bridgehead atoms. The first-order valence-corrected chi connectivity index (χ1v) is 5.51. The summed E-state index contributed by atoms with van der Waals surface area (Å²) in [6.45, 7) is 0. The van der Waals surface area contributed by atoms with Crippen LogP contribution in [0.4, 0.5) is 0 Å². The summed E-state index contributed by atoms with van der Waals surface area (Å²) in [6, 6.07) is 17.5. The Kier molecular flexibility index (Phi) is 4.58. The van der Waals surface area contributed by atoms with Crippen molar-refractivity contribution >= 4 is 30.5 Å². The normalized spacial score (nSPS) is 19.7. The van der Waals surface area contributed by atoms with Gasteiger partial charge < -0.3 is 5.73 Å². The number of halogens is 2. The second kappa shape index (κ2) is 5.61. The quantitative estimate of drug-likeness (QED) is 0.826. The van der Waals surface area contributed by atoms with Gasteiger partial charge in [-0.1, -0.05) is 48.5 Å². The molecule has 19 heavy (non-hydrogen) atoms. The van der Waals surface area contributed by atoms with Crippen LogP contribution in [0.1, 0.15) is 5.56 Å². The van der Waals surface area contributed by atoms with Crippen LogP contribution in [-0.4, -0.2) is 0 Å². The zero-order valence-corrected chi connectivity index (χ0v) is 11.7. The Morgan fingerprint density at radius 1 is 0.842 bits per heavy atom. The molecule has 100 valence electrons. The van der Waals surface area contributed by atoms with Crippen molar-refractivity contribution in [1.29, 1.82) is 0 Å². The molecule has 3 nitrogen and oxygen atoms in total. The zero-order chi connectivity index (χ0) is 11.9. The van der Waals surface area contributed by atoms with Crippen LogP contribution in [-0.2, 0) is 5.66 Å². The van der Waals surface area contributed by atoms with Crippen LogP contribution in [0.25, 0.3) is 5.70 Å². The lowest BCUT2D eigenvalue weighted by atomic mass is 9.98. The molecule has 0 aliphatic carbocycles. The lowest BCUT2D eigenvalue weighted by Crippen LogP contribution is -2.39. The molecular weight excluding hydrogens is 281 g/mol. The molecule has 4 N–H and O–H groups in total. The van der Waals surface area contributed by atoms with Gasteiger partial charge in [-0.25, -0.2) is 0 Å². The highest BCUT2D eigenvalue weighted by Gasteiger charge is 2.33. The van der Waals surface area contributed by atoms with E-state index in [9.17, 15) is 0 Å². The SMILES string of the molecule is Cl.Cl.NC1=c2ccccc2=NC1(N)c1ccccc1. The van der Waals surface area contributed by atoms with E-state index >= 15 is 0 Å². The van der Waals surface area contributed by atoms with Gasteiger partial charge >= 0.3 is 0 Å². The van der Waals surface area contributed by atoms with E-state index in [1.165, 1.54) is 0 Å². The van der Waals surface area contributed by atoms with E-state index in [-0.39, 0.29) is 24.8 Å². The molecule has 1 atom stereocenters. The molecule has 0 amide bonds. The molecule has 0 aromatic heterocycles. The Morgan fingerprint density at radius 2 is 1.42 bits per heavy atom. The van der Waals surface area contributed by atoms with Crippen LogP contribution >= 0.6 is 24.8 Å². The smallest absolute Gasteiger partial charge is 0.175 e. The van der Waals surface area contributed by atoms with Gasteiger partial charge in [0, 0.05) is 5.22 Å². The average molecular weight is 296 g/mol. The summed E-state index contributed by atoms with van der Waals surface area (Å²) in [5.41, 5.74) is 13.1. The second-order valence-corrected chi connectivity index (χ2v) is 4.18. The van der Waals surface area contributed by atoms with Crippen molar-refractivity contribution in [2.75, 3.05) is 0 Å². The molecule has 1 heterocycles. The summed E-state index contributed by atoms with van der Waals surface area (Å²) < 4.78 is 0. The first kappa shape index (κ1) is 15.5. The van der Waals surface area contributed by atoms with Gasteiger partial charge in [0.2, 0.25) is 0 Å². The van der Waals surface area contributed by atoms with E-state index in [0.717, 1.165) is 16.1 Å². The van der Waals surface area contributed by atoms with Crippen LogP contribution in [0.5, 0.6) is 0 Å². The second-order valence-electron chi connectivity index (χ2n) is 4.18. The molecule has 2 aromatic rings. The average Bonchev–Trinajstić information content (AvgIpc) is 2.65. The van der Waals surface area contributed by atoms with E-state index in [1.807, 2.05) is 54.6 Å². The van der Waals surface area contributed by atoms with Crippen molar-refractivity contribution in [1.82, 2.24) is 0 Å². The van der Waals surface area contributed by atoms with Crippen LogP contribution in [0.15, 0.2) is 59.6 Å². The molecule has 0 spiro atoms. The summed E-state index contributed by atoms with van der Waals surface area (Å²) in [4.78, 5) is 4.55. The minimum atomic E-state index is -0.926. The number of hydrogen-bond acceptors (Lipinski definition) is 3. The van der Waals surface area contributed by atoms with Crippen molar-refractivity contribution in [3.05, 3.63) is 70.7 Å². The summed E-state index contributed by atoms with van der Waals surface area (Å²) in [6.07, 6.45) is 0. The van der Waals surface area contributed by atoms with Crippen LogP contribution in [0.3, 0.4) is 0 Å². The van der Waals surface area contributed by atoms with Crippen LogP contribution < -0.4 is 22.0 Å². The monoisotopic (exact) mass is 295 g/mol. The predicted octanol–water partition coefficient (Wildman–Crippen LogP) is 1.04. The minimum absolute atomic E-state index is 0. The number of benzene rings is 2. The first-order valence-electron chi connectivity index (χ1n) is 5.51. The summed E-state index contributed by atoms with van der Waals surface area (Å²) in [7, 11) is 0. The number of rotatable bonds is 1. The third-order valence-electron chi connectivity index (χ3n) is 3.12. The number of nitrogens with zero attached hydrogens (tertiary/aromatic N) is 1. The third kappa shape index (κ3) is 2.32. The van der Waals surface area contributed by atoms with Gasteiger partial charge in [0.25, 0.3) is 0 Å². The van der Waals surface area contributed by atoms with E-state index < -0.39 is 5.66 Å². The molecule has 0 saturated carbocycles. The highest BCUT2D eigenvalue weighted by molar-refractivity contribution is 5.85. The highest BCUT2D eigenvalue weighted by atomic mass is 35.5. The number of para-hydroxylation sites is 1. The molecule has 1 aliphatic heterocycles. The minimum Gasteiger partial charge on any atom is -0.398 e. The van der Waals surface area contributed by atoms with E-state index in [0.29, 0.717) is 5.70 Å². The van der Waals surface area contributed by atoms with Crippen molar-refractivity contribution < 1.29 is 0 Å². The van der Waals surface area contributed by atoms with Gasteiger partial charge in [-0.3, -0.25) is 10.7 Å². The van der Waals surface area contributed by atoms with Gasteiger partial charge in [-0.05, 0) is 11.6 Å². The molecule has 1 aliphatic rings. The maximum atomic E-state index is 6.35. The molecule has 0 radical (unpaired) electrons. The first-order chi connectivity index (χ1) is 8.22. The molecular formula is C14H15Cl2N3. The zero-order valence-electron chi connectivity index (χ0n) is 10.1. The fourth-order valence-electron chi connectivity index (χ4n) is 2.17. The van der Waals surface area contributed by atoms with Gasteiger partial charge in [0.05, 0.1) is 11.1 Å². The van der Waals surface area contributed by atoms with Crippen molar-refractivity contribution in [2.24, 2.45) is 16.5 Å². The lowest BCUT2D eigenvalue weighted by Gasteiger charge is -2.23. The summed E-state index contributed by atoms with van der Waals surface area (Å²) >= 11 is 0. The van der Waals surface area contributed by atoms with Gasteiger partial charge in [-0.15, -0.1) is 24.8 Å². The number of hydrogen-bond donors (Lipinski definition) is 2. The fourth-order valence-corrected chi connectivity index (χ4v) is 2.17. The lowest BCUT2D eigenvalue weighted by molar-refractivity contribution is 0.603. The van der Waals surface area contributed by atoms with E-state index in [1.54, 1.807) is 0 Å². The molecule has 0 saturated heterocycles. The Labute approximate surface area is 123 Å². The van der Waals surface area contributed by atoms with Crippen LogP contribution in [0.2, 0.25) is 0 Å². The molecule has 5 heteroatoms. The topological polar surface area (TPSA) is 64.4 Å². The van der Waals surface area contributed by atoms with Crippen molar-refractivity contribution in [3.63, 3.8) is 0 Å². The standard InChI is InChI=1S/C14H13N3.2ClH/c15-13-11-8-4-5-9-12(11)17-14(13,16)10-6-2-1-3-7-10;;/h1-9H,15-16H2;2*1H. The maximum absolute atomic E-state index is 6.35. The van der Waals surface area contributed by atoms with E-state index in [2.05, 4.69) is 4.99 Å². The highest BCUT2D eigenvalue weighted by Crippen LogP contribution is 2.26. The Bertz CT molecular complexity index is 685. The maximum Gasteiger partial charge on any atom is 0.175 e.